The van der Waals surface area contributed by atoms with Gasteiger partial charge in [-0.15, -0.1) is 11.8 Å². The third-order valence-corrected chi connectivity index (χ3v) is 17.1. The summed E-state index contributed by atoms with van der Waals surface area (Å²) in [6, 6.07) is -2.39. The van der Waals surface area contributed by atoms with Crippen LogP contribution in [0.25, 0.3) is 0 Å². The Morgan fingerprint density at radius 2 is 1.62 bits per heavy atom. The average Bonchev–Trinajstić information content (AvgIpc) is 3.43. The number of methoxy groups -OCH3 is 1. The Balaban J connectivity index is 2.52. The summed E-state index contributed by atoms with van der Waals surface area (Å²) >= 11 is 1.43. The molecule has 2 N–H and O–H groups in total. The largest absolute Gasteiger partial charge is 0.459 e. The van der Waals surface area contributed by atoms with Gasteiger partial charge < -0.3 is 29.4 Å². The number of nitrogens with one attached hydrogen (secondary N) is 2. The number of rotatable bonds is 12. The van der Waals surface area contributed by atoms with Crippen molar-refractivity contribution < 1.29 is 33.1 Å². The van der Waals surface area contributed by atoms with Crippen LogP contribution < -0.4 is 10.6 Å². The number of thioether (sulfide) groups is 1. The average molecular weight is 741 g/mol. The summed E-state index contributed by atoms with van der Waals surface area (Å²) in [7, 11) is 1.30. The number of esters is 1. The molecule has 0 spiro atoms. The second kappa shape index (κ2) is 17.7. The molecule has 2 aliphatic heterocycles. The van der Waals surface area contributed by atoms with Crippen molar-refractivity contribution in [1.29, 1.82) is 0 Å². The van der Waals surface area contributed by atoms with Gasteiger partial charge in [-0.3, -0.25) is 19.4 Å². The monoisotopic (exact) mass is 740 g/mol. The summed E-state index contributed by atoms with van der Waals surface area (Å²) in [4.78, 5) is 62.4. The standard InChI is InChI=1S/C37H68N4O7SSi/c1-16-17-27(46-13)19-18-24(3)29-36(9,10)33(44)39-25(4)31-40-37(11,22-49-31)34(45)41(12)28(30(42)38-26(5)32(43)48-29)23(2)20-21-47-50(14,15)35(6,7)8/h23-29H,16-22H2,1-15H3,(H,38,42)(H,39,44)/t23-,24+,25-,26-,27-,28?,29-,37-/m0/s1. The first kappa shape index (κ1) is 44.2. The third-order valence-electron chi connectivity index (χ3n) is 11.1. The Bertz CT molecular complexity index is 1240. The molecule has 1 unspecified atom stereocenters. The quantitative estimate of drug-likeness (QED) is 0.185. The van der Waals surface area contributed by atoms with Gasteiger partial charge in [0.25, 0.3) is 5.91 Å². The Morgan fingerprint density at radius 3 is 2.18 bits per heavy atom. The molecule has 288 valence electrons. The Labute approximate surface area is 307 Å². The van der Waals surface area contributed by atoms with Gasteiger partial charge >= 0.3 is 5.97 Å². The maximum absolute atomic E-state index is 14.2. The zero-order valence-electron chi connectivity index (χ0n) is 33.7. The molecule has 0 aromatic heterocycles. The van der Waals surface area contributed by atoms with Crippen LogP contribution in [0.4, 0.5) is 0 Å². The molecular weight excluding hydrogens is 673 g/mol. The van der Waals surface area contributed by atoms with Crippen molar-refractivity contribution in [2.45, 2.75) is 162 Å². The minimum Gasteiger partial charge on any atom is -0.459 e. The van der Waals surface area contributed by atoms with Crippen LogP contribution >= 0.6 is 11.8 Å². The lowest BCUT2D eigenvalue weighted by Gasteiger charge is -2.39. The minimum atomic E-state index is -2.03. The van der Waals surface area contributed by atoms with Crippen LogP contribution in [0, 0.1) is 17.3 Å². The maximum Gasteiger partial charge on any atom is 0.328 e. The third kappa shape index (κ3) is 10.8. The van der Waals surface area contributed by atoms with E-state index in [1.165, 1.54) is 16.7 Å². The number of nitrogens with zero attached hydrogens (tertiary/aromatic N) is 2. The highest BCUT2D eigenvalue weighted by molar-refractivity contribution is 8.14. The van der Waals surface area contributed by atoms with E-state index in [9.17, 15) is 19.2 Å². The number of cyclic esters (lactones) is 1. The highest BCUT2D eigenvalue weighted by Crippen LogP contribution is 2.38. The molecule has 11 nitrogen and oxygen atoms in total. The molecule has 2 bridgehead atoms. The van der Waals surface area contributed by atoms with Gasteiger partial charge in [0.05, 0.1) is 22.6 Å². The fourth-order valence-electron chi connectivity index (χ4n) is 6.49. The van der Waals surface area contributed by atoms with Crippen LogP contribution in [0.1, 0.15) is 108 Å². The van der Waals surface area contributed by atoms with Gasteiger partial charge in [-0.1, -0.05) is 48.0 Å². The predicted octanol–water partition coefficient (Wildman–Crippen LogP) is 5.96. The van der Waals surface area contributed by atoms with E-state index in [1.807, 2.05) is 20.8 Å². The van der Waals surface area contributed by atoms with Crippen molar-refractivity contribution in [3.63, 3.8) is 0 Å². The molecule has 13 heteroatoms. The Kier molecular flexibility index (Phi) is 15.7. The fraction of sp³-hybridized carbons (Fsp3) is 0.865. The van der Waals surface area contributed by atoms with Crippen molar-refractivity contribution in [3.8, 4) is 0 Å². The van der Waals surface area contributed by atoms with Crippen molar-refractivity contribution in [3.05, 3.63) is 0 Å². The lowest BCUT2D eigenvalue weighted by Crippen LogP contribution is -2.59. The molecule has 2 rings (SSSR count). The number of fused-ring (bicyclic) bond motifs is 1. The fourth-order valence-corrected chi connectivity index (χ4v) is 8.74. The zero-order chi connectivity index (χ0) is 38.4. The zero-order valence-corrected chi connectivity index (χ0v) is 35.5. The summed E-state index contributed by atoms with van der Waals surface area (Å²) in [6.45, 7) is 26.2. The highest BCUT2D eigenvalue weighted by Gasteiger charge is 2.48. The van der Waals surface area contributed by atoms with Crippen LogP contribution in [0.3, 0.4) is 0 Å². The second-order valence-corrected chi connectivity index (χ2v) is 22.8. The van der Waals surface area contributed by atoms with Gasteiger partial charge in [0.15, 0.2) is 8.32 Å². The highest BCUT2D eigenvalue weighted by atomic mass is 32.2. The first-order chi connectivity index (χ1) is 22.9. The van der Waals surface area contributed by atoms with E-state index in [0.717, 1.165) is 19.3 Å². The topological polar surface area (TPSA) is 136 Å². The number of hydrogen-bond donors (Lipinski definition) is 2. The van der Waals surface area contributed by atoms with Crippen molar-refractivity contribution in [2.75, 3.05) is 26.5 Å². The summed E-state index contributed by atoms with van der Waals surface area (Å²) in [6.07, 6.45) is 3.15. The van der Waals surface area contributed by atoms with Crippen LogP contribution in [0.2, 0.25) is 18.1 Å². The first-order valence-electron chi connectivity index (χ1n) is 18.4. The lowest BCUT2D eigenvalue weighted by atomic mass is 9.77. The van der Waals surface area contributed by atoms with E-state index in [2.05, 4.69) is 51.4 Å². The second-order valence-electron chi connectivity index (χ2n) is 17.0. The molecule has 0 saturated heterocycles. The molecule has 0 aliphatic carbocycles. The number of carbonyl (C=O) groups excluding carboxylic acids is 4. The van der Waals surface area contributed by atoms with Crippen molar-refractivity contribution in [1.82, 2.24) is 15.5 Å². The Morgan fingerprint density at radius 1 is 1.00 bits per heavy atom. The molecule has 0 aromatic carbocycles. The molecule has 8 atom stereocenters. The normalized spacial score (nSPS) is 29.1. The molecule has 0 aromatic rings. The van der Waals surface area contributed by atoms with E-state index < -0.39 is 55.4 Å². The smallest absolute Gasteiger partial charge is 0.328 e. The number of hydrogen-bond acceptors (Lipinski definition) is 9. The minimum absolute atomic E-state index is 0.0319. The van der Waals surface area contributed by atoms with Crippen LogP contribution in [0.5, 0.6) is 0 Å². The molecule has 0 saturated carbocycles. The number of likely N-dealkylation sites (N-methyl/N-ethyl adjacent to an activating group) is 1. The van der Waals surface area contributed by atoms with E-state index in [1.54, 1.807) is 41.9 Å². The van der Waals surface area contributed by atoms with Gasteiger partial charge in [0.2, 0.25) is 11.8 Å². The number of aliphatic imine (C=N–C) groups is 1. The number of amides is 3. The molecule has 0 radical (unpaired) electrons. The number of ether oxygens (including phenoxy) is 2. The predicted molar refractivity (Wildman–Crippen MR) is 205 cm³/mol. The van der Waals surface area contributed by atoms with Crippen molar-refractivity contribution >= 4 is 48.8 Å². The molecule has 2 aliphatic rings. The van der Waals surface area contributed by atoms with Crippen LogP contribution in [-0.4, -0.2) is 104 Å². The summed E-state index contributed by atoms with van der Waals surface area (Å²) < 4.78 is 18.3. The van der Waals surface area contributed by atoms with Crippen molar-refractivity contribution in [2.24, 2.45) is 22.2 Å². The van der Waals surface area contributed by atoms with Gasteiger partial charge in [0.1, 0.15) is 23.7 Å². The summed E-state index contributed by atoms with van der Waals surface area (Å²) in [5, 5.41) is 6.63. The maximum atomic E-state index is 14.2. The van der Waals surface area contributed by atoms with Gasteiger partial charge in [-0.25, -0.2) is 4.79 Å². The van der Waals surface area contributed by atoms with Crippen LogP contribution in [-0.2, 0) is 33.1 Å². The van der Waals surface area contributed by atoms with Gasteiger partial charge in [-0.05, 0) is 90.3 Å². The molecule has 0 fully saturated rings. The lowest BCUT2D eigenvalue weighted by molar-refractivity contribution is -0.167. The summed E-state index contributed by atoms with van der Waals surface area (Å²) in [5.41, 5.74) is -2.25. The number of carbonyl (C=O) groups is 4. The van der Waals surface area contributed by atoms with E-state index in [4.69, 9.17) is 18.9 Å². The van der Waals surface area contributed by atoms with E-state index in [0.29, 0.717) is 30.2 Å². The molecule has 50 heavy (non-hydrogen) atoms. The first-order valence-corrected chi connectivity index (χ1v) is 22.3. The van der Waals surface area contributed by atoms with E-state index >= 15 is 0 Å². The molecular formula is C37H68N4O7SSi. The van der Waals surface area contributed by atoms with Gasteiger partial charge in [-0.2, -0.15) is 0 Å². The van der Waals surface area contributed by atoms with Crippen LogP contribution in [0.15, 0.2) is 4.99 Å². The van der Waals surface area contributed by atoms with E-state index in [-0.39, 0.29) is 34.8 Å². The Hall–Kier alpha value is -1.96. The molecule has 3 amide bonds. The SMILES string of the molecule is CCC[C@@H](CC[C@@H](C)[C@@H]1OC(=O)[C@H](C)NC(=O)C([C@@H](C)CCO[Si](C)(C)C(C)(C)C)N(C)C(=O)[C@]2(C)CSC(=N2)[C@H](C)NC(=O)C1(C)C)OC. The molecule has 2 heterocycles. The summed E-state index contributed by atoms with van der Waals surface area (Å²) in [5.74, 6) is -1.78. The van der Waals surface area contributed by atoms with Gasteiger partial charge in [0, 0.05) is 26.5 Å².